The molecule has 0 saturated heterocycles. The van der Waals surface area contributed by atoms with E-state index in [1.165, 1.54) is 12.1 Å². The minimum Gasteiger partial charge on any atom is -0.452 e. The molecule has 2 aromatic carbocycles. The van der Waals surface area contributed by atoms with Crippen LogP contribution in [0, 0.1) is 5.82 Å². The molecule has 2 rings (SSSR count). The Labute approximate surface area is 144 Å². The van der Waals surface area contributed by atoms with Gasteiger partial charge in [-0.15, -0.1) is 0 Å². The molecule has 7 heteroatoms. The first kappa shape index (κ1) is 17.7. The number of halogens is 2. The second kappa shape index (κ2) is 7.79. The molecule has 0 aliphatic carbocycles. The van der Waals surface area contributed by atoms with Crippen LogP contribution in [0.3, 0.4) is 0 Å². The molecule has 0 aromatic heterocycles. The Bertz CT molecular complexity index is 765. The first-order valence-corrected chi connectivity index (χ1v) is 7.44. The number of rotatable bonds is 5. The van der Waals surface area contributed by atoms with Gasteiger partial charge in [0.05, 0.1) is 11.3 Å². The summed E-state index contributed by atoms with van der Waals surface area (Å²) in [4.78, 5) is 25.6. The lowest BCUT2D eigenvalue weighted by Crippen LogP contribution is -2.21. The average Bonchev–Trinajstić information content (AvgIpc) is 2.56. The van der Waals surface area contributed by atoms with E-state index >= 15 is 0 Å². The molecule has 1 amide bonds. The maximum Gasteiger partial charge on any atom is 0.338 e. The van der Waals surface area contributed by atoms with Crippen LogP contribution < -0.4 is 10.2 Å². The normalized spacial score (nSPS) is 10.2. The number of ether oxygens (including phenoxy) is 1. The Morgan fingerprint density at radius 3 is 2.67 bits per heavy atom. The van der Waals surface area contributed by atoms with Gasteiger partial charge in [0.2, 0.25) is 0 Å². The van der Waals surface area contributed by atoms with Crippen molar-refractivity contribution in [2.75, 3.05) is 30.9 Å². The summed E-state index contributed by atoms with van der Waals surface area (Å²) >= 11 is 5.74. The van der Waals surface area contributed by atoms with Gasteiger partial charge in [-0.05, 0) is 36.4 Å². The number of hydrogen-bond acceptors (Lipinski definition) is 4. The number of hydrogen-bond donors (Lipinski definition) is 1. The molecule has 0 atom stereocenters. The van der Waals surface area contributed by atoms with Crippen LogP contribution in [0.2, 0.25) is 5.02 Å². The number of anilines is 2. The monoisotopic (exact) mass is 350 g/mol. The molecule has 2 aromatic rings. The molecule has 0 unspecified atom stereocenters. The van der Waals surface area contributed by atoms with Gasteiger partial charge in [0, 0.05) is 24.8 Å². The van der Waals surface area contributed by atoms with Crippen molar-refractivity contribution in [2.45, 2.75) is 0 Å². The van der Waals surface area contributed by atoms with E-state index < -0.39 is 24.3 Å². The number of carbonyl (C=O) groups is 2. The number of amides is 1. The Hall–Kier alpha value is -2.60. The molecule has 0 aliphatic heterocycles. The average molecular weight is 351 g/mol. The fourth-order valence-corrected chi connectivity index (χ4v) is 2.08. The van der Waals surface area contributed by atoms with Crippen molar-refractivity contribution in [3.63, 3.8) is 0 Å². The van der Waals surface area contributed by atoms with Gasteiger partial charge in [0.1, 0.15) is 5.82 Å². The van der Waals surface area contributed by atoms with Crippen LogP contribution in [-0.2, 0) is 9.53 Å². The number of nitrogens with one attached hydrogen (secondary N) is 1. The first-order valence-electron chi connectivity index (χ1n) is 7.06. The fraction of sp³-hybridized carbons (Fsp3) is 0.176. The second-order valence-electron chi connectivity index (χ2n) is 5.19. The lowest BCUT2D eigenvalue weighted by Gasteiger charge is -2.13. The summed E-state index contributed by atoms with van der Waals surface area (Å²) in [6.45, 7) is -0.531. The first-order chi connectivity index (χ1) is 11.4. The summed E-state index contributed by atoms with van der Waals surface area (Å²) in [5.74, 6) is -1.92. The third kappa shape index (κ3) is 4.70. The fourth-order valence-electron chi connectivity index (χ4n) is 1.91. The van der Waals surface area contributed by atoms with Gasteiger partial charge in [0.15, 0.2) is 6.61 Å². The molecule has 126 valence electrons. The second-order valence-corrected chi connectivity index (χ2v) is 5.63. The highest BCUT2D eigenvalue weighted by Crippen LogP contribution is 2.19. The zero-order chi connectivity index (χ0) is 17.7. The maximum atomic E-state index is 13.5. The highest BCUT2D eigenvalue weighted by molar-refractivity contribution is 6.30. The van der Waals surface area contributed by atoms with Crippen LogP contribution in [0.15, 0.2) is 42.5 Å². The van der Waals surface area contributed by atoms with Crippen molar-refractivity contribution < 1.29 is 18.7 Å². The third-order valence-corrected chi connectivity index (χ3v) is 3.37. The Balaban J connectivity index is 1.95. The van der Waals surface area contributed by atoms with Crippen molar-refractivity contribution in [3.8, 4) is 0 Å². The Kier molecular flexibility index (Phi) is 5.76. The Morgan fingerprint density at radius 2 is 1.96 bits per heavy atom. The van der Waals surface area contributed by atoms with Gasteiger partial charge in [-0.25, -0.2) is 9.18 Å². The van der Waals surface area contributed by atoms with E-state index in [9.17, 15) is 14.0 Å². The van der Waals surface area contributed by atoms with E-state index in [2.05, 4.69) is 5.32 Å². The molecule has 0 bridgehead atoms. The van der Waals surface area contributed by atoms with Gasteiger partial charge >= 0.3 is 5.97 Å². The minimum absolute atomic E-state index is 0.0712. The van der Waals surface area contributed by atoms with Crippen LogP contribution in [-0.4, -0.2) is 32.6 Å². The predicted molar refractivity (Wildman–Crippen MR) is 91.1 cm³/mol. The molecule has 0 fully saturated rings. The molecule has 0 saturated carbocycles. The van der Waals surface area contributed by atoms with Crippen LogP contribution in [0.5, 0.6) is 0 Å². The lowest BCUT2D eigenvalue weighted by molar-refractivity contribution is -0.119. The van der Waals surface area contributed by atoms with Crippen LogP contribution in [0.25, 0.3) is 0 Å². The van der Waals surface area contributed by atoms with E-state index in [4.69, 9.17) is 16.3 Å². The third-order valence-electron chi connectivity index (χ3n) is 3.14. The van der Waals surface area contributed by atoms with Crippen molar-refractivity contribution in [2.24, 2.45) is 0 Å². The summed E-state index contributed by atoms with van der Waals surface area (Å²) in [6.07, 6.45) is 0. The molecule has 0 aliphatic rings. The SMILES string of the molecule is CN(C)c1cccc(C(=O)OCC(=O)Nc2cc(Cl)ccc2F)c1. The van der Waals surface area contributed by atoms with Gasteiger partial charge in [-0.2, -0.15) is 0 Å². The maximum absolute atomic E-state index is 13.5. The lowest BCUT2D eigenvalue weighted by atomic mass is 10.2. The summed E-state index contributed by atoms with van der Waals surface area (Å²) in [6, 6.07) is 10.6. The van der Waals surface area contributed by atoms with Crippen LogP contribution in [0.1, 0.15) is 10.4 Å². The molecular weight excluding hydrogens is 335 g/mol. The molecule has 0 spiro atoms. The zero-order valence-electron chi connectivity index (χ0n) is 13.2. The largest absolute Gasteiger partial charge is 0.452 e. The van der Waals surface area contributed by atoms with Gasteiger partial charge in [0.25, 0.3) is 5.91 Å². The Morgan fingerprint density at radius 1 is 1.21 bits per heavy atom. The molecule has 5 nitrogen and oxygen atoms in total. The van der Waals surface area contributed by atoms with E-state index in [-0.39, 0.29) is 10.7 Å². The number of esters is 1. The van der Waals surface area contributed by atoms with Gasteiger partial charge in [-0.1, -0.05) is 17.7 Å². The molecule has 1 N–H and O–H groups in total. The van der Waals surface area contributed by atoms with E-state index in [0.717, 1.165) is 11.8 Å². The highest BCUT2D eigenvalue weighted by Gasteiger charge is 2.13. The van der Waals surface area contributed by atoms with E-state index in [1.807, 2.05) is 25.1 Å². The molecule has 0 radical (unpaired) electrons. The van der Waals surface area contributed by atoms with Crippen LogP contribution >= 0.6 is 11.6 Å². The predicted octanol–water partition coefficient (Wildman–Crippen LogP) is 3.34. The van der Waals surface area contributed by atoms with Crippen molar-refractivity contribution >= 4 is 34.9 Å². The van der Waals surface area contributed by atoms with Crippen molar-refractivity contribution in [1.82, 2.24) is 0 Å². The standard InChI is InChI=1S/C17H16ClFN2O3/c1-21(2)13-5-3-4-11(8-13)17(23)24-10-16(22)20-15-9-12(18)6-7-14(15)19/h3-9H,10H2,1-2H3,(H,20,22). The van der Waals surface area contributed by atoms with Gasteiger partial charge < -0.3 is 15.0 Å². The van der Waals surface area contributed by atoms with Crippen molar-refractivity contribution in [3.05, 3.63) is 58.9 Å². The summed E-state index contributed by atoms with van der Waals surface area (Å²) in [5, 5.41) is 2.59. The summed E-state index contributed by atoms with van der Waals surface area (Å²) < 4.78 is 18.5. The van der Waals surface area contributed by atoms with Gasteiger partial charge in [-0.3, -0.25) is 4.79 Å². The summed E-state index contributed by atoms with van der Waals surface area (Å²) in [5.41, 5.74) is 1.08. The topological polar surface area (TPSA) is 58.6 Å². The molecular formula is C17H16ClFN2O3. The number of benzene rings is 2. The highest BCUT2D eigenvalue weighted by atomic mass is 35.5. The quantitative estimate of drug-likeness (QED) is 0.840. The van der Waals surface area contributed by atoms with E-state index in [0.29, 0.717) is 5.56 Å². The minimum atomic E-state index is -0.659. The van der Waals surface area contributed by atoms with E-state index in [1.54, 1.807) is 18.2 Å². The smallest absolute Gasteiger partial charge is 0.338 e. The van der Waals surface area contributed by atoms with Crippen molar-refractivity contribution in [1.29, 1.82) is 0 Å². The molecule has 24 heavy (non-hydrogen) atoms. The number of carbonyl (C=O) groups excluding carboxylic acids is 2. The van der Waals surface area contributed by atoms with Crippen LogP contribution in [0.4, 0.5) is 15.8 Å². The number of nitrogens with zero attached hydrogens (tertiary/aromatic N) is 1. The molecule has 0 heterocycles. The summed E-state index contributed by atoms with van der Waals surface area (Å²) in [7, 11) is 3.69. The zero-order valence-corrected chi connectivity index (χ0v) is 13.9.